The highest BCUT2D eigenvalue weighted by Gasteiger charge is 2.06. The molecule has 3 N–H and O–H groups in total. The van der Waals surface area contributed by atoms with Crippen LogP contribution in [0.4, 0.5) is 11.4 Å². The van der Waals surface area contributed by atoms with Crippen molar-refractivity contribution in [1.29, 1.82) is 0 Å². The zero-order chi connectivity index (χ0) is 15.7. The van der Waals surface area contributed by atoms with Crippen molar-refractivity contribution in [2.75, 3.05) is 24.3 Å². The van der Waals surface area contributed by atoms with Gasteiger partial charge in [0, 0.05) is 24.7 Å². The first-order chi connectivity index (χ1) is 10.0. The number of anilines is 2. The first-order valence-electron chi connectivity index (χ1n) is 7.45. The number of nitrogen functional groups attached to an aromatic ring is 1. The molecule has 0 spiro atoms. The highest BCUT2D eigenvalue weighted by Crippen LogP contribution is 2.22. The largest absolute Gasteiger partial charge is 0.397 e. The molecule has 5 heteroatoms. The van der Waals surface area contributed by atoms with Crippen LogP contribution in [-0.4, -0.2) is 19.1 Å². The van der Waals surface area contributed by atoms with E-state index in [2.05, 4.69) is 19.2 Å². The van der Waals surface area contributed by atoms with Crippen LogP contribution in [0.5, 0.6) is 0 Å². The zero-order valence-electron chi connectivity index (χ0n) is 12.8. The Hall–Kier alpha value is -1.26. The van der Waals surface area contributed by atoms with Gasteiger partial charge in [0.15, 0.2) is 0 Å². The standard InChI is InChI=1S/C16H25ClN2O2/c1-3-5-12(2)11-21-9-4-6-16(20)19-15-8-7-13(17)10-14(15)18/h7-8,10,12H,3-6,9,11,18H2,1-2H3,(H,19,20). The molecule has 1 amide bonds. The highest BCUT2D eigenvalue weighted by molar-refractivity contribution is 6.31. The van der Waals surface area contributed by atoms with Gasteiger partial charge in [0.2, 0.25) is 5.91 Å². The van der Waals surface area contributed by atoms with E-state index in [9.17, 15) is 4.79 Å². The first kappa shape index (κ1) is 17.8. The summed E-state index contributed by atoms with van der Waals surface area (Å²) in [5, 5.41) is 3.33. The van der Waals surface area contributed by atoms with E-state index in [4.69, 9.17) is 22.1 Å². The number of rotatable bonds is 9. The molecule has 1 unspecified atom stereocenters. The third-order valence-electron chi connectivity index (χ3n) is 3.16. The van der Waals surface area contributed by atoms with Crippen molar-refractivity contribution in [1.82, 2.24) is 0 Å². The molecular weight excluding hydrogens is 288 g/mol. The lowest BCUT2D eigenvalue weighted by Crippen LogP contribution is -2.14. The van der Waals surface area contributed by atoms with E-state index in [1.54, 1.807) is 18.2 Å². The molecule has 21 heavy (non-hydrogen) atoms. The first-order valence-corrected chi connectivity index (χ1v) is 7.83. The molecule has 0 saturated heterocycles. The van der Waals surface area contributed by atoms with Gasteiger partial charge in [0.25, 0.3) is 0 Å². The number of nitrogens with one attached hydrogen (secondary N) is 1. The van der Waals surface area contributed by atoms with E-state index in [0.29, 0.717) is 41.8 Å². The average Bonchev–Trinajstić information content (AvgIpc) is 2.42. The fourth-order valence-electron chi connectivity index (χ4n) is 2.06. The lowest BCUT2D eigenvalue weighted by molar-refractivity contribution is -0.116. The quantitative estimate of drug-likeness (QED) is 0.533. The molecule has 0 aliphatic carbocycles. The molecule has 0 aromatic heterocycles. The third kappa shape index (κ3) is 7.34. The number of benzene rings is 1. The Morgan fingerprint density at radius 2 is 2.24 bits per heavy atom. The lowest BCUT2D eigenvalue weighted by atomic mass is 10.1. The second kappa shape index (κ2) is 9.64. The molecule has 118 valence electrons. The Morgan fingerprint density at radius 1 is 1.48 bits per heavy atom. The minimum atomic E-state index is -0.0609. The van der Waals surface area contributed by atoms with E-state index < -0.39 is 0 Å². The second-order valence-corrected chi connectivity index (χ2v) is 5.79. The molecule has 0 radical (unpaired) electrons. The van der Waals surface area contributed by atoms with Gasteiger partial charge in [-0.1, -0.05) is 31.9 Å². The molecule has 0 saturated carbocycles. The maximum Gasteiger partial charge on any atom is 0.224 e. The maximum absolute atomic E-state index is 11.8. The van der Waals surface area contributed by atoms with Crippen molar-refractivity contribution in [3.63, 3.8) is 0 Å². The van der Waals surface area contributed by atoms with E-state index in [-0.39, 0.29) is 5.91 Å². The molecule has 1 aromatic rings. The van der Waals surface area contributed by atoms with E-state index in [0.717, 1.165) is 6.61 Å². The van der Waals surface area contributed by atoms with E-state index in [1.807, 2.05) is 0 Å². The summed E-state index contributed by atoms with van der Waals surface area (Å²) in [6.07, 6.45) is 3.48. The fraction of sp³-hybridized carbons (Fsp3) is 0.562. The van der Waals surface area contributed by atoms with Gasteiger partial charge in [-0.25, -0.2) is 0 Å². The van der Waals surface area contributed by atoms with Crippen molar-refractivity contribution in [3.8, 4) is 0 Å². The zero-order valence-corrected chi connectivity index (χ0v) is 13.6. The summed E-state index contributed by atoms with van der Waals surface area (Å²) in [4.78, 5) is 11.8. The summed E-state index contributed by atoms with van der Waals surface area (Å²) in [5.74, 6) is 0.520. The lowest BCUT2D eigenvalue weighted by Gasteiger charge is -2.11. The molecule has 0 fully saturated rings. The normalized spacial score (nSPS) is 12.1. The van der Waals surface area contributed by atoms with Crippen molar-refractivity contribution >= 4 is 28.9 Å². The van der Waals surface area contributed by atoms with Crippen molar-refractivity contribution in [3.05, 3.63) is 23.2 Å². The van der Waals surface area contributed by atoms with Crippen molar-refractivity contribution < 1.29 is 9.53 Å². The third-order valence-corrected chi connectivity index (χ3v) is 3.40. The van der Waals surface area contributed by atoms with Crippen molar-refractivity contribution in [2.45, 2.75) is 39.5 Å². The molecule has 0 heterocycles. The van der Waals surface area contributed by atoms with E-state index >= 15 is 0 Å². The van der Waals surface area contributed by atoms with Crippen LogP contribution >= 0.6 is 11.6 Å². The average molecular weight is 313 g/mol. The molecule has 0 aliphatic heterocycles. The number of ether oxygens (including phenoxy) is 1. The number of carbonyl (C=O) groups excluding carboxylic acids is 1. The van der Waals surface area contributed by atoms with Crippen LogP contribution in [0, 0.1) is 5.92 Å². The van der Waals surface area contributed by atoms with Gasteiger partial charge in [-0.05, 0) is 37.0 Å². The van der Waals surface area contributed by atoms with Crippen LogP contribution in [0.1, 0.15) is 39.5 Å². The summed E-state index contributed by atoms with van der Waals surface area (Å²) in [6.45, 7) is 5.72. The van der Waals surface area contributed by atoms with Gasteiger partial charge in [-0.3, -0.25) is 4.79 Å². The summed E-state index contributed by atoms with van der Waals surface area (Å²) in [6, 6.07) is 5.03. The Labute approximate surface area is 132 Å². The van der Waals surface area contributed by atoms with Crippen LogP contribution in [0.15, 0.2) is 18.2 Å². The number of hydrogen-bond acceptors (Lipinski definition) is 3. The minimum Gasteiger partial charge on any atom is -0.397 e. The Kier molecular flexibility index (Phi) is 8.16. The van der Waals surface area contributed by atoms with Crippen molar-refractivity contribution in [2.24, 2.45) is 5.92 Å². The molecule has 4 nitrogen and oxygen atoms in total. The predicted molar refractivity (Wildman–Crippen MR) is 88.6 cm³/mol. The van der Waals surface area contributed by atoms with Gasteiger partial charge < -0.3 is 15.8 Å². The van der Waals surface area contributed by atoms with Gasteiger partial charge in [0.05, 0.1) is 11.4 Å². The van der Waals surface area contributed by atoms with E-state index in [1.165, 1.54) is 12.8 Å². The maximum atomic E-state index is 11.8. The molecule has 1 atom stereocenters. The SMILES string of the molecule is CCCC(C)COCCCC(=O)Nc1ccc(Cl)cc1N. The van der Waals surface area contributed by atoms with Crippen LogP contribution < -0.4 is 11.1 Å². The van der Waals surface area contributed by atoms with Gasteiger partial charge >= 0.3 is 0 Å². The number of carbonyl (C=O) groups is 1. The van der Waals surface area contributed by atoms with Crippen LogP contribution in [0.25, 0.3) is 0 Å². The van der Waals surface area contributed by atoms with Crippen LogP contribution in [0.2, 0.25) is 5.02 Å². The summed E-state index contributed by atoms with van der Waals surface area (Å²) in [5.41, 5.74) is 6.86. The smallest absolute Gasteiger partial charge is 0.224 e. The summed E-state index contributed by atoms with van der Waals surface area (Å²) < 4.78 is 5.57. The summed E-state index contributed by atoms with van der Waals surface area (Å²) >= 11 is 5.81. The second-order valence-electron chi connectivity index (χ2n) is 5.35. The molecule has 1 aromatic carbocycles. The Bertz CT molecular complexity index is 452. The molecule has 1 rings (SSSR count). The molecule has 0 bridgehead atoms. The van der Waals surface area contributed by atoms with Crippen LogP contribution in [0.3, 0.4) is 0 Å². The highest BCUT2D eigenvalue weighted by atomic mass is 35.5. The number of nitrogens with two attached hydrogens (primary N) is 1. The topological polar surface area (TPSA) is 64.3 Å². The fourth-order valence-corrected chi connectivity index (χ4v) is 2.24. The number of amides is 1. The Balaban J connectivity index is 2.19. The minimum absolute atomic E-state index is 0.0609. The molecular formula is C16H25ClN2O2. The van der Waals surface area contributed by atoms with Gasteiger partial charge in [0.1, 0.15) is 0 Å². The monoisotopic (exact) mass is 312 g/mol. The molecule has 0 aliphatic rings. The van der Waals surface area contributed by atoms with Gasteiger partial charge in [-0.2, -0.15) is 0 Å². The Morgan fingerprint density at radius 3 is 2.90 bits per heavy atom. The summed E-state index contributed by atoms with van der Waals surface area (Å²) in [7, 11) is 0. The predicted octanol–water partition coefficient (Wildman–Crippen LogP) is 4.09. The number of halogens is 1. The van der Waals surface area contributed by atoms with Crippen LogP contribution in [-0.2, 0) is 9.53 Å². The van der Waals surface area contributed by atoms with Gasteiger partial charge in [-0.15, -0.1) is 0 Å². The number of hydrogen-bond donors (Lipinski definition) is 2.